The van der Waals surface area contributed by atoms with Crippen LogP contribution in [0.4, 0.5) is 4.79 Å². The van der Waals surface area contributed by atoms with Gasteiger partial charge in [0.15, 0.2) is 0 Å². The van der Waals surface area contributed by atoms with Gasteiger partial charge in [0.25, 0.3) is 0 Å². The molecule has 0 radical (unpaired) electrons. The van der Waals surface area contributed by atoms with Crippen LogP contribution in [0.15, 0.2) is 24.3 Å². The van der Waals surface area contributed by atoms with Crippen molar-refractivity contribution in [2.24, 2.45) is 0 Å². The second-order valence-corrected chi connectivity index (χ2v) is 12.1. The predicted molar refractivity (Wildman–Crippen MR) is 158 cm³/mol. The molecule has 0 aromatic heterocycles. The van der Waals surface area contributed by atoms with Gasteiger partial charge in [-0.05, 0) is 71.5 Å². The van der Waals surface area contributed by atoms with E-state index >= 15 is 0 Å². The third kappa shape index (κ3) is 12.5. The van der Waals surface area contributed by atoms with Crippen molar-refractivity contribution in [2.45, 2.75) is 117 Å². The lowest BCUT2D eigenvalue weighted by Gasteiger charge is -2.35. The Labute approximate surface area is 235 Å². The van der Waals surface area contributed by atoms with Crippen molar-refractivity contribution in [3.63, 3.8) is 0 Å². The normalized spacial score (nSPS) is 13.8. The van der Waals surface area contributed by atoms with E-state index in [1.54, 1.807) is 37.4 Å². The number of unbranched alkanes of at least 4 members (excludes halogenated alkanes) is 3. The van der Waals surface area contributed by atoms with E-state index in [1.165, 1.54) is 0 Å². The Morgan fingerprint density at radius 3 is 2.18 bits per heavy atom. The Balaban J connectivity index is 3.45. The standard InChI is InChI=1S/C30H51N3O4S/c1-9-11-12-13-20-33(28(35)25(19-21-38-8)32-29(36)37-30(5,6)7)26(24-17-15-22(3)16-18-24)27(34)31-23(4)14-10-2/h15-18,23,25-26H,9-14,19-21H2,1-8H3,(H,31,34)(H,32,36). The zero-order valence-corrected chi connectivity index (χ0v) is 25.7. The van der Waals surface area contributed by atoms with E-state index in [1.807, 2.05) is 44.4 Å². The molecule has 7 nitrogen and oxygen atoms in total. The molecule has 1 aromatic carbocycles. The van der Waals surface area contributed by atoms with Crippen LogP contribution in [-0.2, 0) is 14.3 Å². The Morgan fingerprint density at radius 1 is 0.974 bits per heavy atom. The monoisotopic (exact) mass is 549 g/mol. The van der Waals surface area contributed by atoms with Crippen LogP contribution in [0.25, 0.3) is 0 Å². The summed E-state index contributed by atoms with van der Waals surface area (Å²) in [5.74, 6) is 0.231. The van der Waals surface area contributed by atoms with E-state index in [0.717, 1.165) is 49.7 Å². The average molecular weight is 550 g/mol. The molecule has 3 amide bonds. The van der Waals surface area contributed by atoms with Crippen LogP contribution in [0.3, 0.4) is 0 Å². The summed E-state index contributed by atoms with van der Waals surface area (Å²) < 4.78 is 5.47. The first-order valence-electron chi connectivity index (χ1n) is 14.1. The molecule has 8 heteroatoms. The zero-order valence-electron chi connectivity index (χ0n) is 24.9. The van der Waals surface area contributed by atoms with Gasteiger partial charge >= 0.3 is 6.09 Å². The number of thioether (sulfide) groups is 1. The first-order chi connectivity index (χ1) is 17.9. The van der Waals surface area contributed by atoms with Gasteiger partial charge in [0, 0.05) is 12.6 Å². The lowest BCUT2D eigenvalue weighted by molar-refractivity contribution is -0.143. The molecule has 38 heavy (non-hydrogen) atoms. The molecule has 0 aliphatic heterocycles. The second-order valence-electron chi connectivity index (χ2n) is 11.1. The molecule has 216 valence electrons. The van der Waals surface area contributed by atoms with Crippen LogP contribution < -0.4 is 10.6 Å². The zero-order chi connectivity index (χ0) is 28.7. The quantitative estimate of drug-likeness (QED) is 0.233. The summed E-state index contributed by atoms with van der Waals surface area (Å²) in [7, 11) is 0. The van der Waals surface area contributed by atoms with Crippen molar-refractivity contribution < 1.29 is 19.1 Å². The van der Waals surface area contributed by atoms with Gasteiger partial charge in [-0.1, -0.05) is 69.4 Å². The Hall–Kier alpha value is -2.22. The summed E-state index contributed by atoms with van der Waals surface area (Å²) in [6.45, 7) is 14.0. The van der Waals surface area contributed by atoms with Gasteiger partial charge in [-0.15, -0.1) is 0 Å². The van der Waals surface area contributed by atoms with Crippen molar-refractivity contribution >= 4 is 29.7 Å². The van der Waals surface area contributed by atoms with Crippen LogP contribution in [0.5, 0.6) is 0 Å². The summed E-state index contributed by atoms with van der Waals surface area (Å²) in [6, 6.07) is 6.19. The van der Waals surface area contributed by atoms with Gasteiger partial charge in [0.2, 0.25) is 11.8 Å². The van der Waals surface area contributed by atoms with Crippen LogP contribution in [0, 0.1) is 6.92 Å². The van der Waals surface area contributed by atoms with E-state index in [4.69, 9.17) is 4.74 Å². The molecule has 0 saturated carbocycles. The minimum Gasteiger partial charge on any atom is -0.444 e. The van der Waals surface area contributed by atoms with Gasteiger partial charge in [-0.25, -0.2) is 4.79 Å². The van der Waals surface area contributed by atoms with Gasteiger partial charge in [-0.2, -0.15) is 11.8 Å². The lowest BCUT2D eigenvalue weighted by Crippen LogP contribution is -2.54. The summed E-state index contributed by atoms with van der Waals surface area (Å²) in [4.78, 5) is 42.3. The van der Waals surface area contributed by atoms with Gasteiger partial charge in [0.1, 0.15) is 17.7 Å². The highest BCUT2D eigenvalue weighted by Gasteiger charge is 2.36. The molecule has 3 atom stereocenters. The number of hydrogen-bond acceptors (Lipinski definition) is 5. The third-order valence-electron chi connectivity index (χ3n) is 6.20. The minimum absolute atomic E-state index is 0.00957. The van der Waals surface area contributed by atoms with E-state index in [0.29, 0.717) is 18.7 Å². The largest absolute Gasteiger partial charge is 0.444 e. The summed E-state index contributed by atoms with van der Waals surface area (Å²) >= 11 is 1.61. The molecule has 0 aliphatic carbocycles. The highest BCUT2D eigenvalue weighted by atomic mass is 32.2. The first-order valence-corrected chi connectivity index (χ1v) is 15.5. The summed E-state index contributed by atoms with van der Waals surface area (Å²) in [5.41, 5.74) is 1.16. The number of nitrogens with one attached hydrogen (secondary N) is 2. The van der Waals surface area contributed by atoms with Crippen molar-refractivity contribution in [3.05, 3.63) is 35.4 Å². The Bertz CT molecular complexity index is 854. The first kappa shape index (κ1) is 33.8. The maximum Gasteiger partial charge on any atom is 0.408 e. The number of benzene rings is 1. The van der Waals surface area contributed by atoms with Gasteiger partial charge in [0.05, 0.1) is 0 Å². The maximum atomic E-state index is 14.2. The molecule has 0 aliphatic rings. The van der Waals surface area contributed by atoms with Crippen LogP contribution in [-0.4, -0.2) is 59.0 Å². The molecule has 3 unspecified atom stereocenters. The summed E-state index contributed by atoms with van der Waals surface area (Å²) in [6.07, 6.45) is 7.46. The number of hydrogen-bond donors (Lipinski definition) is 2. The fourth-order valence-corrected chi connectivity index (χ4v) is 4.74. The van der Waals surface area contributed by atoms with E-state index in [2.05, 4.69) is 24.5 Å². The smallest absolute Gasteiger partial charge is 0.408 e. The fraction of sp³-hybridized carbons (Fsp3) is 0.700. The molecule has 0 bridgehead atoms. The van der Waals surface area contributed by atoms with Crippen LogP contribution >= 0.6 is 11.8 Å². The molecule has 1 rings (SSSR count). The molecule has 0 heterocycles. The molecule has 0 fully saturated rings. The number of nitrogens with zero attached hydrogens (tertiary/aromatic N) is 1. The number of rotatable bonds is 16. The molecule has 2 N–H and O–H groups in total. The van der Waals surface area contributed by atoms with Gasteiger partial charge < -0.3 is 20.3 Å². The number of carbonyl (C=O) groups excluding carboxylic acids is 3. The predicted octanol–water partition coefficient (Wildman–Crippen LogP) is 6.40. The van der Waals surface area contributed by atoms with E-state index in [-0.39, 0.29) is 17.9 Å². The van der Waals surface area contributed by atoms with E-state index in [9.17, 15) is 14.4 Å². The molecular weight excluding hydrogens is 498 g/mol. The number of aryl methyl sites for hydroxylation is 1. The number of carbonyl (C=O) groups is 3. The number of amides is 3. The number of ether oxygens (including phenoxy) is 1. The molecule has 0 saturated heterocycles. The lowest BCUT2D eigenvalue weighted by atomic mass is 10.00. The third-order valence-corrected chi connectivity index (χ3v) is 6.84. The van der Waals surface area contributed by atoms with E-state index < -0.39 is 23.8 Å². The maximum absolute atomic E-state index is 14.2. The Morgan fingerprint density at radius 2 is 1.63 bits per heavy atom. The number of alkyl carbamates (subject to hydrolysis) is 1. The van der Waals surface area contributed by atoms with Crippen molar-refractivity contribution in [2.75, 3.05) is 18.6 Å². The molecular formula is C30H51N3O4S. The SMILES string of the molecule is CCCCCCN(C(=O)C(CCSC)NC(=O)OC(C)(C)C)C(C(=O)NC(C)CCC)c1ccc(C)cc1. The highest BCUT2D eigenvalue weighted by Crippen LogP contribution is 2.25. The van der Waals surface area contributed by atoms with Crippen LogP contribution in [0.1, 0.15) is 104 Å². The molecule has 1 aromatic rings. The van der Waals surface area contributed by atoms with Crippen molar-refractivity contribution in [1.29, 1.82) is 0 Å². The van der Waals surface area contributed by atoms with Gasteiger partial charge in [-0.3, -0.25) is 9.59 Å². The summed E-state index contributed by atoms with van der Waals surface area (Å²) in [5, 5.41) is 5.94. The Kier molecular flexibility index (Phi) is 15.5. The molecule has 0 spiro atoms. The van der Waals surface area contributed by atoms with Crippen molar-refractivity contribution in [1.82, 2.24) is 15.5 Å². The minimum atomic E-state index is -0.794. The van der Waals surface area contributed by atoms with Crippen molar-refractivity contribution in [3.8, 4) is 0 Å². The highest BCUT2D eigenvalue weighted by molar-refractivity contribution is 7.98. The van der Waals surface area contributed by atoms with Crippen LogP contribution in [0.2, 0.25) is 0 Å². The average Bonchev–Trinajstić information content (AvgIpc) is 2.83. The topological polar surface area (TPSA) is 87.7 Å². The second kappa shape index (κ2) is 17.4. The fourth-order valence-electron chi connectivity index (χ4n) is 4.27.